The number of hydrogen-bond acceptors (Lipinski definition) is 7. The van der Waals surface area contributed by atoms with Gasteiger partial charge in [-0.15, -0.1) is 0 Å². The maximum absolute atomic E-state index is 12.9. The summed E-state index contributed by atoms with van der Waals surface area (Å²) in [6, 6.07) is 16.5. The van der Waals surface area contributed by atoms with Gasteiger partial charge in [-0.25, -0.2) is 9.78 Å². The van der Waals surface area contributed by atoms with Gasteiger partial charge in [0.25, 0.3) is 0 Å². The lowest BCUT2D eigenvalue weighted by Crippen LogP contribution is -2.21. The Morgan fingerprint density at radius 1 is 0.912 bits per heavy atom. The van der Waals surface area contributed by atoms with Crippen LogP contribution >= 0.6 is 0 Å². The number of nitrogens with zero attached hydrogens (tertiary/aromatic N) is 3. The predicted octanol–water partition coefficient (Wildman–Crippen LogP) is 5.35. The highest BCUT2D eigenvalue weighted by atomic mass is 16.5. The van der Waals surface area contributed by atoms with E-state index in [0.29, 0.717) is 22.9 Å². The highest BCUT2D eigenvalue weighted by Crippen LogP contribution is 2.34. The van der Waals surface area contributed by atoms with E-state index in [1.54, 1.807) is 19.2 Å². The molecule has 1 aromatic heterocycles. The number of benzene rings is 3. The zero-order valence-corrected chi connectivity index (χ0v) is 19.4. The first-order valence-corrected chi connectivity index (χ1v) is 10.7. The lowest BCUT2D eigenvalue weighted by molar-refractivity contribution is 0.262. The highest BCUT2D eigenvalue weighted by molar-refractivity contribution is 6.08. The van der Waals surface area contributed by atoms with Crippen LogP contribution in [0.3, 0.4) is 0 Å². The molecule has 34 heavy (non-hydrogen) atoms. The van der Waals surface area contributed by atoms with Crippen LogP contribution in [-0.2, 0) is 5.41 Å². The molecule has 3 aromatic carbocycles. The second-order valence-electron chi connectivity index (χ2n) is 8.63. The summed E-state index contributed by atoms with van der Waals surface area (Å²) in [4.78, 5) is 24.6. The standard InChI is InChI=1S/C25H26N6O3/c1-25(2,3)15-9-11-21(33-4)19(13-15)30-23(32)29-18-10-12-20(17-8-6-5-7-16(17)18)34-24-28-14-27-22(26)31-24/h5-14H,1-4H3,(H2,29,30,32)(H2,26,27,28,31). The Balaban J connectivity index is 1.60. The van der Waals surface area contributed by atoms with E-state index in [1.165, 1.54) is 6.33 Å². The molecular formula is C25H26N6O3. The average Bonchev–Trinajstić information content (AvgIpc) is 2.80. The number of hydrogen-bond donors (Lipinski definition) is 3. The van der Waals surface area contributed by atoms with E-state index < -0.39 is 6.03 Å². The van der Waals surface area contributed by atoms with Gasteiger partial charge in [0, 0.05) is 10.8 Å². The molecule has 0 saturated carbocycles. The summed E-state index contributed by atoms with van der Waals surface area (Å²) < 4.78 is 11.2. The molecule has 0 atom stereocenters. The van der Waals surface area contributed by atoms with Crippen molar-refractivity contribution >= 4 is 34.1 Å². The van der Waals surface area contributed by atoms with Gasteiger partial charge in [0.05, 0.1) is 18.5 Å². The van der Waals surface area contributed by atoms with Gasteiger partial charge in [-0.2, -0.15) is 9.97 Å². The third-order valence-electron chi connectivity index (χ3n) is 5.22. The number of nitrogens with two attached hydrogens (primary N) is 1. The fraction of sp³-hybridized carbons (Fsp3) is 0.200. The van der Waals surface area contributed by atoms with Crippen LogP contribution in [-0.4, -0.2) is 28.1 Å². The number of nitrogen functional groups attached to an aromatic ring is 1. The molecule has 0 radical (unpaired) electrons. The summed E-state index contributed by atoms with van der Waals surface area (Å²) in [6.07, 6.45) is 1.28. The van der Waals surface area contributed by atoms with Crippen LogP contribution in [0.4, 0.5) is 22.1 Å². The molecule has 0 aliphatic heterocycles. The quantitative estimate of drug-likeness (QED) is 0.368. The minimum absolute atomic E-state index is 0.0650. The number of amides is 2. The van der Waals surface area contributed by atoms with Crippen molar-refractivity contribution < 1.29 is 14.3 Å². The normalized spacial score (nSPS) is 11.2. The lowest BCUT2D eigenvalue weighted by Gasteiger charge is -2.21. The van der Waals surface area contributed by atoms with Gasteiger partial charge in [0.1, 0.15) is 17.8 Å². The number of fused-ring (bicyclic) bond motifs is 1. The molecule has 0 spiro atoms. The van der Waals surface area contributed by atoms with E-state index >= 15 is 0 Å². The van der Waals surface area contributed by atoms with Crippen molar-refractivity contribution in [2.45, 2.75) is 26.2 Å². The van der Waals surface area contributed by atoms with Gasteiger partial charge in [-0.3, -0.25) is 0 Å². The van der Waals surface area contributed by atoms with E-state index in [4.69, 9.17) is 15.2 Å². The molecule has 9 heteroatoms. The molecule has 0 fully saturated rings. The largest absolute Gasteiger partial charge is 0.495 e. The topological polar surface area (TPSA) is 124 Å². The van der Waals surface area contributed by atoms with Crippen molar-refractivity contribution in [1.82, 2.24) is 15.0 Å². The zero-order chi connectivity index (χ0) is 24.3. The Morgan fingerprint density at radius 2 is 1.62 bits per heavy atom. The molecule has 174 valence electrons. The summed E-state index contributed by atoms with van der Waals surface area (Å²) in [5.74, 6) is 1.16. The minimum Gasteiger partial charge on any atom is -0.495 e. The van der Waals surface area contributed by atoms with E-state index in [0.717, 1.165) is 16.3 Å². The van der Waals surface area contributed by atoms with Crippen LogP contribution in [0.2, 0.25) is 0 Å². The SMILES string of the molecule is COc1ccc(C(C)(C)C)cc1NC(=O)Nc1ccc(Oc2ncnc(N)n2)c2ccccc12. The molecule has 0 saturated heterocycles. The van der Waals surface area contributed by atoms with Crippen LogP contribution in [0.25, 0.3) is 10.8 Å². The summed E-state index contributed by atoms with van der Waals surface area (Å²) in [5, 5.41) is 7.38. The number of carbonyl (C=O) groups excluding carboxylic acids is 1. The summed E-state index contributed by atoms with van der Waals surface area (Å²) in [6.45, 7) is 6.33. The van der Waals surface area contributed by atoms with Gasteiger partial charge in [-0.05, 0) is 35.2 Å². The Labute approximate surface area is 197 Å². The first-order chi connectivity index (χ1) is 16.2. The Morgan fingerprint density at radius 3 is 2.32 bits per heavy atom. The molecule has 0 aliphatic carbocycles. The Hall–Kier alpha value is -4.40. The maximum Gasteiger partial charge on any atom is 0.326 e. The van der Waals surface area contributed by atoms with Crippen LogP contribution in [0.1, 0.15) is 26.3 Å². The second-order valence-corrected chi connectivity index (χ2v) is 8.63. The van der Waals surface area contributed by atoms with Gasteiger partial charge in [0.2, 0.25) is 5.95 Å². The number of rotatable bonds is 5. The smallest absolute Gasteiger partial charge is 0.326 e. The van der Waals surface area contributed by atoms with E-state index in [9.17, 15) is 4.79 Å². The molecule has 0 bridgehead atoms. The number of anilines is 3. The molecule has 4 rings (SSSR count). The van der Waals surface area contributed by atoms with Crippen molar-refractivity contribution in [2.24, 2.45) is 0 Å². The minimum atomic E-state index is -0.395. The van der Waals surface area contributed by atoms with Gasteiger partial charge < -0.3 is 25.8 Å². The Kier molecular flexibility index (Phi) is 6.18. The van der Waals surface area contributed by atoms with Crippen LogP contribution < -0.4 is 25.8 Å². The van der Waals surface area contributed by atoms with Crippen LogP contribution in [0.5, 0.6) is 17.5 Å². The van der Waals surface area contributed by atoms with E-state index in [-0.39, 0.29) is 17.4 Å². The molecule has 2 amide bonds. The monoisotopic (exact) mass is 458 g/mol. The number of urea groups is 1. The van der Waals surface area contributed by atoms with Crippen molar-refractivity contribution in [3.63, 3.8) is 0 Å². The number of methoxy groups -OCH3 is 1. The van der Waals surface area contributed by atoms with E-state index in [2.05, 4.69) is 46.4 Å². The molecule has 1 heterocycles. The van der Waals surface area contributed by atoms with Gasteiger partial charge >= 0.3 is 12.0 Å². The van der Waals surface area contributed by atoms with Crippen molar-refractivity contribution in [1.29, 1.82) is 0 Å². The second kappa shape index (κ2) is 9.22. The number of carbonyl (C=O) groups is 1. The molecule has 4 aromatic rings. The highest BCUT2D eigenvalue weighted by Gasteiger charge is 2.18. The average molecular weight is 459 g/mol. The zero-order valence-electron chi connectivity index (χ0n) is 19.4. The predicted molar refractivity (Wildman–Crippen MR) is 133 cm³/mol. The summed E-state index contributed by atoms with van der Waals surface area (Å²) in [5.41, 5.74) is 7.82. The number of ether oxygens (including phenoxy) is 2. The summed E-state index contributed by atoms with van der Waals surface area (Å²) in [7, 11) is 1.57. The first-order valence-electron chi connectivity index (χ1n) is 10.7. The molecule has 9 nitrogen and oxygen atoms in total. The molecule has 0 aliphatic rings. The lowest BCUT2D eigenvalue weighted by atomic mass is 9.87. The maximum atomic E-state index is 12.9. The molecule has 0 unspecified atom stereocenters. The number of aromatic nitrogens is 3. The van der Waals surface area contributed by atoms with Crippen molar-refractivity contribution in [3.05, 3.63) is 66.5 Å². The fourth-order valence-corrected chi connectivity index (χ4v) is 3.46. The molecule has 4 N–H and O–H groups in total. The third kappa shape index (κ3) is 4.98. The van der Waals surface area contributed by atoms with Gasteiger partial charge in [0.15, 0.2) is 0 Å². The van der Waals surface area contributed by atoms with Crippen LogP contribution in [0.15, 0.2) is 60.9 Å². The first kappa shape index (κ1) is 22.8. The van der Waals surface area contributed by atoms with Crippen molar-refractivity contribution in [3.8, 4) is 17.5 Å². The van der Waals surface area contributed by atoms with Gasteiger partial charge in [-0.1, -0.05) is 51.1 Å². The fourth-order valence-electron chi connectivity index (χ4n) is 3.46. The Bertz CT molecular complexity index is 1350. The third-order valence-corrected chi connectivity index (χ3v) is 5.22. The van der Waals surface area contributed by atoms with Crippen LogP contribution in [0, 0.1) is 0 Å². The van der Waals surface area contributed by atoms with E-state index in [1.807, 2.05) is 42.5 Å². The summed E-state index contributed by atoms with van der Waals surface area (Å²) >= 11 is 0. The van der Waals surface area contributed by atoms with Crippen molar-refractivity contribution in [2.75, 3.05) is 23.5 Å². The molecular weight excluding hydrogens is 432 g/mol. The number of nitrogens with one attached hydrogen (secondary N) is 2.